The van der Waals surface area contributed by atoms with Gasteiger partial charge in [-0.05, 0) is 48.5 Å². The molecule has 0 heterocycles. The molecule has 7 nitrogen and oxygen atoms in total. The van der Waals surface area contributed by atoms with Crippen molar-refractivity contribution < 1.29 is 18.0 Å². The number of carbonyl (C=O) groups excluding carboxylic acids is 2. The first-order valence-electron chi connectivity index (χ1n) is 7.60. The summed E-state index contributed by atoms with van der Waals surface area (Å²) in [7, 11) is -3.54. The second kappa shape index (κ2) is 7.91. The average Bonchev–Trinajstić information content (AvgIpc) is 2.56. The van der Waals surface area contributed by atoms with E-state index in [1.165, 1.54) is 31.2 Å². The maximum absolute atomic E-state index is 12.2. The van der Waals surface area contributed by atoms with E-state index in [1.54, 1.807) is 31.2 Å². The Kier molecular flexibility index (Phi) is 5.89. The molecule has 8 heteroatoms. The summed E-state index contributed by atoms with van der Waals surface area (Å²) in [6.07, 6.45) is 0. The zero-order chi connectivity index (χ0) is 18.4. The quantitative estimate of drug-likeness (QED) is 0.733. The van der Waals surface area contributed by atoms with E-state index in [2.05, 4.69) is 15.4 Å². The molecule has 2 aromatic carbocycles. The zero-order valence-corrected chi connectivity index (χ0v) is 14.7. The Morgan fingerprint density at radius 1 is 0.880 bits per heavy atom. The Morgan fingerprint density at radius 3 is 1.88 bits per heavy atom. The summed E-state index contributed by atoms with van der Waals surface area (Å²) in [5, 5.41) is 5.34. The van der Waals surface area contributed by atoms with E-state index in [0.717, 1.165) is 0 Å². The highest BCUT2D eigenvalue weighted by Gasteiger charge is 2.13. The lowest BCUT2D eigenvalue weighted by Crippen LogP contribution is -2.23. The van der Waals surface area contributed by atoms with Gasteiger partial charge in [-0.15, -0.1) is 0 Å². The van der Waals surface area contributed by atoms with Crippen molar-refractivity contribution >= 4 is 33.2 Å². The highest BCUT2D eigenvalue weighted by atomic mass is 32.2. The summed E-state index contributed by atoms with van der Waals surface area (Å²) >= 11 is 0. The van der Waals surface area contributed by atoms with E-state index in [4.69, 9.17) is 0 Å². The van der Waals surface area contributed by atoms with Gasteiger partial charge in [-0.2, -0.15) is 0 Å². The fraction of sp³-hybridized carbons (Fsp3) is 0.176. The van der Waals surface area contributed by atoms with Crippen molar-refractivity contribution in [1.82, 2.24) is 4.72 Å². The van der Waals surface area contributed by atoms with Crippen LogP contribution in [0.15, 0.2) is 53.4 Å². The molecule has 0 atom stereocenters. The third-order valence-electron chi connectivity index (χ3n) is 3.22. The molecule has 2 aromatic rings. The lowest BCUT2D eigenvalue weighted by molar-refractivity contribution is -0.114. The molecule has 0 saturated carbocycles. The van der Waals surface area contributed by atoms with E-state index in [9.17, 15) is 18.0 Å². The summed E-state index contributed by atoms with van der Waals surface area (Å²) in [4.78, 5) is 23.3. The molecule has 3 N–H and O–H groups in total. The summed E-state index contributed by atoms with van der Waals surface area (Å²) in [5.41, 5.74) is 1.52. The minimum atomic E-state index is -3.54. The summed E-state index contributed by atoms with van der Waals surface area (Å²) in [6.45, 7) is 3.39. The largest absolute Gasteiger partial charge is 0.326 e. The van der Waals surface area contributed by atoms with E-state index in [1.807, 2.05) is 0 Å². The molecular formula is C17H19N3O4S. The Labute approximate surface area is 146 Å². The SMILES string of the molecule is CCNS(=O)(=O)c1ccc(C(=O)Nc2ccc(NC(C)=O)cc2)cc1. The van der Waals surface area contributed by atoms with Crippen LogP contribution in [0.4, 0.5) is 11.4 Å². The minimum absolute atomic E-state index is 0.102. The highest BCUT2D eigenvalue weighted by Crippen LogP contribution is 2.16. The van der Waals surface area contributed by atoms with Gasteiger partial charge < -0.3 is 10.6 Å². The van der Waals surface area contributed by atoms with Gasteiger partial charge in [0.25, 0.3) is 5.91 Å². The highest BCUT2D eigenvalue weighted by molar-refractivity contribution is 7.89. The lowest BCUT2D eigenvalue weighted by Gasteiger charge is -2.08. The molecule has 0 bridgehead atoms. The molecule has 2 rings (SSSR count). The maximum Gasteiger partial charge on any atom is 0.255 e. The third-order valence-corrected chi connectivity index (χ3v) is 4.79. The van der Waals surface area contributed by atoms with E-state index in [-0.39, 0.29) is 16.7 Å². The van der Waals surface area contributed by atoms with Crippen molar-refractivity contribution in [2.24, 2.45) is 0 Å². The number of benzene rings is 2. The topological polar surface area (TPSA) is 104 Å². The fourth-order valence-electron chi connectivity index (χ4n) is 2.10. The van der Waals surface area contributed by atoms with Crippen molar-refractivity contribution in [2.45, 2.75) is 18.7 Å². The maximum atomic E-state index is 12.2. The van der Waals surface area contributed by atoms with Gasteiger partial charge in [0.05, 0.1) is 4.90 Å². The molecule has 0 radical (unpaired) electrons. The number of hydrogen-bond donors (Lipinski definition) is 3. The first-order chi connectivity index (χ1) is 11.8. The molecule has 0 fully saturated rings. The molecule has 132 valence electrons. The van der Waals surface area contributed by atoms with Crippen LogP contribution in [0.1, 0.15) is 24.2 Å². The first-order valence-corrected chi connectivity index (χ1v) is 9.09. The standard InChI is InChI=1S/C17H19N3O4S/c1-3-18-25(23,24)16-10-4-13(5-11-16)17(22)20-15-8-6-14(7-9-15)19-12(2)21/h4-11,18H,3H2,1-2H3,(H,19,21)(H,20,22). The number of sulfonamides is 1. The predicted molar refractivity (Wildman–Crippen MR) is 96.0 cm³/mol. The van der Waals surface area contributed by atoms with Crippen LogP contribution < -0.4 is 15.4 Å². The second-order valence-electron chi connectivity index (χ2n) is 5.24. The molecular weight excluding hydrogens is 342 g/mol. The molecule has 0 aromatic heterocycles. The molecule has 2 amide bonds. The zero-order valence-electron chi connectivity index (χ0n) is 13.9. The van der Waals surface area contributed by atoms with Crippen LogP contribution in [-0.4, -0.2) is 26.8 Å². The number of amides is 2. The van der Waals surface area contributed by atoms with Crippen LogP contribution in [0.25, 0.3) is 0 Å². The number of hydrogen-bond acceptors (Lipinski definition) is 4. The minimum Gasteiger partial charge on any atom is -0.326 e. The van der Waals surface area contributed by atoms with Crippen LogP contribution in [0.2, 0.25) is 0 Å². The van der Waals surface area contributed by atoms with Crippen molar-refractivity contribution in [3.8, 4) is 0 Å². The van der Waals surface area contributed by atoms with Crippen molar-refractivity contribution in [1.29, 1.82) is 0 Å². The van der Waals surface area contributed by atoms with Gasteiger partial charge >= 0.3 is 0 Å². The van der Waals surface area contributed by atoms with Gasteiger partial charge in [-0.25, -0.2) is 13.1 Å². The van der Waals surface area contributed by atoms with Crippen LogP contribution in [0.5, 0.6) is 0 Å². The summed E-state index contributed by atoms with van der Waals surface area (Å²) in [5.74, 6) is -0.538. The molecule has 25 heavy (non-hydrogen) atoms. The van der Waals surface area contributed by atoms with Gasteiger partial charge in [0.15, 0.2) is 0 Å². The number of carbonyl (C=O) groups is 2. The smallest absolute Gasteiger partial charge is 0.255 e. The molecule has 0 spiro atoms. The van der Waals surface area contributed by atoms with Gasteiger partial charge in [-0.3, -0.25) is 9.59 Å². The molecule has 0 unspecified atom stereocenters. The van der Waals surface area contributed by atoms with Crippen LogP contribution in [0.3, 0.4) is 0 Å². The lowest BCUT2D eigenvalue weighted by atomic mass is 10.2. The Hall–Kier alpha value is -2.71. The van der Waals surface area contributed by atoms with Crippen LogP contribution >= 0.6 is 0 Å². The van der Waals surface area contributed by atoms with Crippen LogP contribution in [-0.2, 0) is 14.8 Å². The van der Waals surface area contributed by atoms with Gasteiger partial charge in [-0.1, -0.05) is 6.92 Å². The molecule has 0 aliphatic heterocycles. The van der Waals surface area contributed by atoms with Crippen molar-refractivity contribution in [3.63, 3.8) is 0 Å². The molecule has 0 saturated heterocycles. The van der Waals surface area contributed by atoms with E-state index < -0.39 is 10.0 Å². The number of anilines is 2. The number of nitrogens with one attached hydrogen (secondary N) is 3. The monoisotopic (exact) mass is 361 g/mol. The molecule has 0 aliphatic rings. The van der Waals surface area contributed by atoms with E-state index >= 15 is 0 Å². The summed E-state index contributed by atoms with van der Waals surface area (Å²) < 4.78 is 26.1. The van der Waals surface area contributed by atoms with Gasteiger partial charge in [0.1, 0.15) is 0 Å². The van der Waals surface area contributed by atoms with Crippen molar-refractivity contribution in [3.05, 3.63) is 54.1 Å². The fourth-order valence-corrected chi connectivity index (χ4v) is 3.14. The van der Waals surface area contributed by atoms with Gasteiger partial charge in [0.2, 0.25) is 15.9 Å². The Bertz CT molecular complexity index is 860. The first kappa shape index (κ1) is 18.6. The van der Waals surface area contributed by atoms with Gasteiger partial charge in [0, 0.05) is 30.4 Å². The Balaban J connectivity index is 2.07. The van der Waals surface area contributed by atoms with Crippen molar-refractivity contribution in [2.75, 3.05) is 17.2 Å². The van der Waals surface area contributed by atoms with E-state index in [0.29, 0.717) is 23.5 Å². The predicted octanol–water partition coefficient (Wildman–Crippen LogP) is 2.20. The normalized spacial score (nSPS) is 11.0. The average molecular weight is 361 g/mol. The molecule has 0 aliphatic carbocycles. The second-order valence-corrected chi connectivity index (χ2v) is 7.01. The Morgan fingerprint density at radius 2 is 1.40 bits per heavy atom. The summed E-state index contributed by atoms with van der Waals surface area (Å²) in [6, 6.07) is 12.3. The number of rotatable bonds is 6. The van der Waals surface area contributed by atoms with Crippen LogP contribution in [0, 0.1) is 0 Å². The third kappa shape index (κ3) is 5.13.